The van der Waals surface area contributed by atoms with Gasteiger partial charge in [-0.3, -0.25) is 4.79 Å². The molecule has 1 aliphatic rings. The number of nitrogens with one attached hydrogen (secondary N) is 1. The molecule has 1 heterocycles. The topological polar surface area (TPSA) is 69.2 Å². The molecule has 1 fully saturated rings. The summed E-state index contributed by atoms with van der Waals surface area (Å²) >= 11 is 7.49. The van der Waals surface area contributed by atoms with Crippen LogP contribution in [0.4, 0.5) is 0 Å². The van der Waals surface area contributed by atoms with Crippen molar-refractivity contribution in [2.75, 3.05) is 24.7 Å². The normalized spacial score (nSPS) is 13.6. The standard InChI is InChI=1S/C28H29BrN2O4S2/c1-3-33-25-15-21(14-24(29)27(25)35-17-20-6-4-5-19(2)13-20)16-30-31-26(32)18-34-23-9-7-22(8-10-23)28-36-11-12-37-28/h4-10,13-16,28H,3,11-12,17-18H2,1-2H3,(H,31,32)/b30-16-. The lowest BCUT2D eigenvalue weighted by Gasteiger charge is -2.15. The molecule has 6 nitrogen and oxygen atoms in total. The van der Waals surface area contributed by atoms with E-state index in [1.807, 2.05) is 66.8 Å². The molecule has 194 valence electrons. The molecular formula is C28H29BrN2O4S2. The number of halogens is 1. The van der Waals surface area contributed by atoms with Crippen molar-refractivity contribution in [3.63, 3.8) is 0 Å². The molecule has 9 heteroatoms. The average Bonchev–Trinajstić information content (AvgIpc) is 3.43. The molecule has 3 aromatic rings. The van der Waals surface area contributed by atoms with Gasteiger partial charge in [0, 0.05) is 11.5 Å². The Bertz CT molecular complexity index is 1230. The monoisotopic (exact) mass is 600 g/mol. The molecule has 0 bridgehead atoms. The summed E-state index contributed by atoms with van der Waals surface area (Å²) in [5.41, 5.74) is 6.79. The van der Waals surface area contributed by atoms with Crippen LogP contribution in [0.1, 0.15) is 33.8 Å². The lowest BCUT2D eigenvalue weighted by atomic mass is 10.1. The van der Waals surface area contributed by atoms with E-state index >= 15 is 0 Å². The Morgan fingerprint density at radius 3 is 2.59 bits per heavy atom. The first kappa shape index (κ1) is 27.4. The number of amides is 1. The van der Waals surface area contributed by atoms with E-state index < -0.39 is 0 Å². The van der Waals surface area contributed by atoms with Crippen molar-refractivity contribution in [2.24, 2.45) is 5.10 Å². The van der Waals surface area contributed by atoms with Crippen LogP contribution in [0.3, 0.4) is 0 Å². The summed E-state index contributed by atoms with van der Waals surface area (Å²) in [6, 6.07) is 19.8. The number of thioether (sulfide) groups is 2. The maximum absolute atomic E-state index is 12.2. The molecule has 1 saturated heterocycles. The third kappa shape index (κ3) is 8.18. The largest absolute Gasteiger partial charge is 0.490 e. The number of hydrogen-bond donors (Lipinski definition) is 1. The van der Waals surface area contributed by atoms with E-state index in [9.17, 15) is 4.79 Å². The fourth-order valence-electron chi connectivity index (χ4n) is 3.65. The third-order valence-electron chi connectivity index (χ3n) is 5.34. The van der Waals surface area contributed by atoms with E-state index in [4.69, 9.17) is 14.2 Å². The minimum Gasteiger partial charge on any atom is -0.490 e. The number of carbonyl (C=O) groups is 1. The number of carbonyl (C=O) groups excluding carboxylic acids is 1. The van der Waals surface area contributed by atoms with Crippen LogP contribution < -0.4 is 19.6 Å². The highest BCUT2D eigenvalue weighted by Crippen LogP contribution is 2.45. The van der Waals surface area contributed by atoms with E-state index in [0.717, 1.165) is 15.6 Å². The van der Waals surface area contributed by atoms with Crippen LogP contribution in [-0.2, 0) is 11.4 Å². The molecule has 37 heavy (non-hydrogen) atoms. The molecule has 1 N–H and O–H groups in total. The van der Waals surface area contributed by atoms with E-state index in [-0.39, 0.29) is 12.5 Å². The highest BCUT2D eigenvalue weighted by Gasteiger charge is 2.18. The number of rotatable bonds is 11. The predicted octanol–water partition coefficient (Wildman–Crippen LogP) is 6.74. The summed E-state index contributed by atoms with van der Waals surface area (Å²) in [6.45, 7) is 4.76. The van der Waals surface area contributed by atoms with E-state index in [1.165, 1.54) is 22.6 Å². The predicted molar refractivity (Wildman–Crippen MR) is 156 cm³/mol. The molecule has 0 aromatic heterocycles. The van der Waals surface area contributed by atoms with Crippen LogP contribution in [-0.4, -0.2) is 36.8 Å². The van der Waals surface area contributed by atoms with E-state index in [1.54, 1.807) is 6.21 Å². The summed E-state index contributed by atoms with van der Waals surface area (Å²) in [7, 11) is 0. The Balaban J connectivity index is 1.30. The van der Waals surface area contributed by atoms with Crippen molar-refractivity contribution < 1.29 is 19.0 Å². The zero-order valence-corrected chi connectivity index (χ0v) is 24.0. The molecule has 3 aromatic carbocycles. The summed E-state index contributed by atoms with van der Waals surface area (Å²) in [4.78, 5) is 12.2. The fourth-order valence-corrected chi connectivity index (χ4v) is 7.09. The summed E-state index contributed by atoms with van der Waals surface area (Å²) in [5.74, 6) is 3.90. The van der Waals surface area contributed by atoms with Crippen molar-refractivity contribution in [1.82, 2.24) is 5.43 Å². The quantitative estimate of drug-likeness (QED) is 0.194. The number of benzene rings is 3. The van der Waals surface area contributed by atoms with Gasteiger partial charge in [-0.2, -0.15) is 5.10 Å². The van der Waals surface area contributed by atoms with Crippen LogP contribution in [0, 0.1) is 6.92 Å². The Kier molecular flexibility index (Phi) is 10.2. The Morgan fingerprint density at radius 2 is 1.86 bits per heavy atom. The third-order valence-corrected chi connectivity index (χ3v) is 9.04. The fraction of sp³-hybridized carbons (Fsp3) is 0.286. The highest BCUT2D eigenvalue weighted by molar-refractivity contribution is 9.10. The minimum atomic E-state index is -0.343. The minimum absolute atomic E-state index is 0.122. The zero-order chi connectivity index (χ0) is 26.0. The van der Waals surface area contributed by atoms with Gasteiger partial charge in [-0.25, -0.2) is 5.43 Å². The molecule has 0 saturated carbocycles. The van der Waals surface area contributed by atoms with Crippen LogP contribution in [0.15, 0.2) is 70.2 Å². The number of aryl methyl sites for hydroxylation is 1. The SMILES string of the molecule is CCOc1cc(/C=N\NC(=O)COc2ccc(C3SCCS3)cc2)cc(Br)c1OCc1cccc(C)c1. The summed E-state index contributed by atoms with van der Waals surface area (Å²) in [6.07, 6.45) is 1.56. The van der Waals surface area contributed by atoms with Crippen LogP contribution in [0.5, 0.6) is 17.2 Å². The average molecular weight is 602 g/mol. The molecule has 4 rings (SSSR count). The van der Waals surface area contributed by atoms with Gasteiger partial charge in [0.15, 0.2) is 18.1 Å². The second-order valence-electron chi connectivity index (χ2n) is 8.27. The molecular weight excluding hydrogens is 572 g/mol. The first-order chi connectivity index (χ1) is 18.0. The first-order valence-corrected chi connectivity index (χ1v) is 14.8. The Hall–Kier alpha value is -2.62. The van der Waals surface area contributed by atoms with Gasteiger partial charge in [0.1, 0.15) is 12.4 Å². The zero-order valence-electron chi connectivity index (χ0n) is 20.7. The second kappa shape index (κ2) is 13.8. The number of hydrazone groups is 1. The van der Waals surface area contributed by atoms with Crippen molar-refractivity contribution >= 4 is 51.6 Å². The maximum atomic E-state index is 12.2. The van der Waals surface area contributed by atoms with Gasteiger partial charge < -0.3 is 14.2 Å². The van der Waals surface area contributed by atoms with Crippen molar-refractivity contribution in [3.05, 3.63) is 87.4 Å². The molecule has 0 unspecified atom stereocenters. The number of hydrogen-bond acceptors (Lipinski definition) is 7. The van der Waals surface area contributed by atoms with Gasteiger partial charge in [-0.15, -0.1) is 23.5 Å². The Morgan fingerprint density at radius 1 is 1.08 bits per heavy atom. The highest BCUT2D eigenvalue weighted by atomic mass is 79.9. The van der Waals surface area contributed by atoms with Crippen LogP contribution >= 0.6 is 39.5 Å². The summed E-state index contributed by atoms with van der Waals surface area (Å²) in [5, 5.41) is 4.07. The van der Waals surface area contributed by atoms with Gasteiger partial charge in [0.2, 0.25) is 0 Å². The molecule has 1 amide bonds. The lowest BCUT2D eigenvalue weighted by molar-refractivity contribution is -0.123. The smallest absolute Gasteiger partial charge is 0.277 e. The van der Waals surface area contributed by atoms with Gasteiger partial charge in [0.05, 0.1) is 21.9 Å². The number of nitrogens with zero attached hydrogens (tertiary/aromatic N) is 1. The maximum Gasteiger partial charge on any atom is 0.277 e. The first-order valence-electron chi connectivity index (χ1n) is 11.9. The van der Waals surface area contributed by atoms with Crippen LogP contribution in [0.2, 0.25) is 0 Å². The van der Waals surface area contributed by atoms with E-state index in [0.29, 0.717) is 35.0 Å². The lowest BCUT2D eigenvalue weighted by Crippen LogP contribution is -2.24. The van der Waals surface area contributed by atoms with Gasteiger partial charge in [-0.1, -0.05) is 42.0 Å². The van der Waals surface area contributed by atoms with Gasteiger partial charge >= 0.3 is 0 Å². The Labute approximate surface area is 234 Å². The van der Waals surface area contributed by atoms with Crippen molar-refractivity contribution in [1.29, 1.82) is 0 Å². The molecule has 0 spiro atoms. The summed E-state index contributed by atoms with van der Waals surface area (Å²) < 4.78 is 18.7. The van der Waals surface area contributed by atoms with E-state index in [2.05, 4.69) is 57.6 Å². The molecule has 0 atom stereocenters. The second-order valence-corrected chi connectivity index (χ2v) is 11.8. The van der Waals surface area contributed by atoms with Crippen molar-refractivity contribution in [2.45, 2.75) is 25.0 Å². The molecule has 0 radical (unpaired) electrons. The van der Waals surface area contributed by atoms with Gasteiger partial charge in [0.25, 0.3) is 5.91 Å². The molecule has 1 aliphatic heterocycles. The van der Waals surface area contributed by atoms with Crippen LogP contribution in [0.25, 0.3) is 0 Å². The molecule has 0 aliphatic carbocycles. The van der Waals surface area contributed by atoms with Gasteiger partial charge in [-0.05, 0) is 70.7 Å². The number of ether oxygens (including phenoxy) is 3. The van der Waals surface area contributed by atoms with Crippen molar-refractivity contribution in [3.8, 4) is 17.2 Å².